The van der Waals surface area contributed by atoms with Crippen LogP contribution in [0.15, 0.2) is 18.3 Å². The molecule has 2 fully saturated rings. The molecule has 21 heavy (non-hydrogen) atoms. The number of nitrogens with two attached hydrogens (primary N) is 1. The Balaban J connectivity index is 1.73. The summed E-state index contributed by atoms with van der Waals surface area (Å²) in [5, 5.41) is 2.99. The zero-order valence-corrected chi connectivity index (χ0v) is 11.9. The Kier molecular flexibility index (Phi) is 3.88. The first kappa shape index (κ1) is 14.0. The highest BCUT2D eigenvalue weighted by molar-refractivity contribution is 5.98. The molecule has 1 aromatic rings. The molecule has 3 N–H and O–H groups in total. The molecule has 112 valence electrons. The number of aromatic nitrogens is 1. The normalized spacial score (nSPS) is 21.4. The van der Waals surface area contributed by atoms with Gasteiger partial charge in [-0.2, -0.15) is 0 Å². The lowest BCUT2D eigenvalue weighted by Gasteiger charge is -2.24. The predicted octanol–water partition coefficient (Wildman–Crippen LogP) is 0.423. The van der Waals surface area contributed by atoms with Crippen molar-refractivity contribution in [3.63, 3.8) is 0 Å². The summed E-state index contributed by atoms with van der Waals surface area (Å²) in [6, 6.07) is 3.36. The molecule has 1 aromatic heterocycles. The summed E-state index contributed by atoms with van der Waals surface area (Å²) in [6.07, 6.45) is 5.29. The number of pyridine rings is 1. The molecule has 2 heterocycles. The molecule has 2 amide bonds. The van der Waals surface area contributed by atoms with Crippen LogP contribution in [0.4, 0.5) is 0 Å². The van der Waals surface area contributed by atoms with Crippen molar-refractivity contribution in [1.29, 1.82) is 0 Å². The molecule has 0 aromatic carbocycles. The highest BCUT2D eigenvalue weighted by Crippen LogP contribution is 2.23. The van der Waals surface area contributed by atoms with Gasteiger partial charge in [-0.15, -0.1) is 0 Å². The van der Waals surface area contributed by atoms with Crippen LogP contribution in [0.5, 0.6) is 0 Å². The summed E-state index contributed by atoms with van der Waals surface area (Å²) in [5.74, 6) is -0.128. The smallest absolute Gasteiger partial charge is 0.254 e. The molecular formula is C15H20N4O2. The molecule has 0 spiro atoms. The summed E-state index contributed by atoms with van der Waals surface area (Å²) in [6.45, 7) is 0.925. The van der Waals surface area contributed by atoms with Crippen molar-refractivity contribution in [2.75, 3.05) is 6.54 Å². The summed E-state index contributed by atoms with van der Waals surface area (Å²) in [4.78, 5) is 30.6. The highest BCUT2D eigenvalue weighted by Gasteiger charge is 2.36. The average Bonchev–Trinajstić information content (AvgIpc) is 3.18. The molecule has 1 unspecified atom stereocenters. The lowest BCUT2D eigenvalue weighted by molar-refractivity contribution is -0.125. The third-order valence-electron chi connectivity index (χ3n) is 4.01. The fourth-order valence-corrected chi connectivity index (χ4v) is 2.70. The van der Waals surface area contributed by atoms with E-state index in [0.29, 0.717) is 30.4 Å². The summed E-state index contributed by atoms with van der Waals surface area (Å²) in [7, 11) is 0. The first-order valence-corrected chi connectivity index (χ1v) is 7.45. The van der Waals surface area contributed by atoms with Crippen molar-refractivity contribution >= 4 is 11.8 Å². The number of amides is 2. The minimum atomic E-state index is -0.340. The molecule has 3 rings (SSSR count). The largest absolute Gasteiger partial charge is 0.352 e. The van der Waals surface area contributed by atoms with E-state index >= 15 is 0 Å². The summed E-state index contributed by atoms with van der Waals surface area (Å²) in [5.41, 5.74) is 6.79. The lowest BCUT2D eigenvalue weighted by Crippen LogP contribution is -2.46. The van der Waals surface area contributed by atoms with E-state index in [2.05, 4.69) is 10.3 Å². The van der Waals surface area contributed by atoms with E-state index in [1.807, 2.05) is 0 Å². The van der Waals surface area contributed by atoms with Crippen LogP contribution in [-0.2, 0) is 11.3 Å². The monoisotopic (exact) mass is 288 g/mol. The van der Waals surface area contributed by atoms with Crippen molar-refractivity contribution in [2.24, 2.45) is 5.73 Å². The molecule has 6 nitrogen and oxygen atoms in total. The van der Waals surface area contributed by atoms with E-state index in [4.69, 9.17) is 5.73 Å². The Morgan fingerprint density at radius 3 is 2.90 bits per heavy atom. The standard InChI is InChI=1S/C15H20N4O2/c16-9-12-8-10(5-6-17-12)15(21)19-7-1-2-13(19)14(20)18-11-3-4-11/h5-6,8,11,13H,1-4,7,9,16H2,(H,18,20). The number of carbonyl (C=O) groups is 2. The summed E-state index contributed by atoms with van der Waals surface area (Å²) >= 11 is 0. The minimum Gasteiger partial charge on any atom is -0.352 e. The predicted molar refractivity (Wildman–Crippen MR) is 77.4 cm³/mol. The van der Waals surface area contributed by atoms with Crippen LogP contribution < -0.4 is 11.1 Å². The van der Waals surface area contributed by atoms with Crippen LogP contribution in [0.1, 0.15) is 41.7 Å². The molecule has 1 saturated carbocycles. The molecule has 1 saturated heterocycles. The molecule has 0 radical (unpaired) electrons. The van der Waals surface area contributed by atoms with Crippen LogP contribution in [-0.4, -0.2) is 40.3 Å². The number of carbonyl (C=O) groups excluding carboxylic acids is 2. The van der Waals surface area contributed by atoms with Gasteiger partial charge in [-0.1, -0.05) is 0 Å². The van der Waals surface area contributed by atoms with Gasteiger partial charge in [-0.3, -0.25) is 14.6 Å². The second kappa shape index (κ2) is 5.81. The molecule has 1 aliphatic carbocycles. The van der Waals surface area contributed by atoms with Gasteiger partial charge < -0.3 is 16.0 Å². The van der Waals surface area contributed by atoms with Crippen molar-refractivity contribution in [3.05, 3.63) is 29.6 Å². The third kappa shape index (κ3) is 3.05. The fourth-order valence-electron chi connectivity index (χ4n) is 2.70. The molecule has 2 aliphatic rings. The maximum Gasteiger partial charge on any atom is 0.254 e. The number of nitrogens with zero attached hydrogens (tertiary/aromatic N) is 2. The van der Waals surface area contributed by atoms with E-state index in [9.17, 15) is 9.59 Å². The number of hydrogen-bond donors (Lipinski definition) is 2. The van der Waals surface area contributed by atoms with Crippen LogP contribution in [0.25, 0.3) is 0 Å². The Hall–Kier alpha value is -1.95. The van der Waals surface area contributed by atoms with Gasteiger partial charge in [0.05, 0.1) is 5.69 Å². The molecular weight excluding hydrogens is 268 g/mol. The second-order valence-corrected chi connectivity index (χ2v) is 5.68. The first-order valence-electron chi connectivity index (χ1n) is 7.45. The van der Waals surface area contributed by atoms with Gasteiger partial charge in [0.1, 0.15) is 6.04 Å². The molecule has 1 aliphatic heterocycles. The van der Waals surface area contributed by atoms with E-state index in [0.717, 1.165) is 25.7 Å². The Morgan fingerprint density at radius 2 is 2.19 bits per heavy atom. The van der Waals surface area contributed by atoms with Gasteiger partial charge in [0.2, 0.25) is 5.91 Å². The zero-order chi connectivity index (χ0) is 14.8. The quantitative estimate of drug-likeness (QED) is 0.840. The summed E-state index contributed by atoms with van der Waals surface area (Å²) < 4.78 is 0. The minimum absolute atomic E-state index is 0.0172. The van der Waals surface area contributed by atoms with Crippen LogP contribution in [0.2, 0.25) is 0 Å². The Bertz CT molecular complexity index is 556. The van der Waals surface area contributed by atoms with Gasteiger partial charge in [0, 0.05) is 30.9 Å². The van der Waals surface area contributed by atoms with Gasteiger partial charge in [0.25, 0.3) is 5.91 Å². The van der Waals surface area contributed by atoms with Crippen LogP contribution in [0.3, 0.4) is 0 Å². The first-order chi connectivity index (χ1) is 10.2. The topological polar surface area (TPSA) is 88.3 Å². The maximum atomic E-state index is 12.6. The third-order valence-corrected chi connectivity index (χ3v) is 4.01. The van der Waals surface area contributed by atoms with Crippen molar-refractivity contribution < 1.29 is 9.59 Å². The van der Waals surface area contributed by atoms with Gasteiger partial charge in [0.15, 0.2) is 0 Å². The van der Waals surface area contributed by atoms with Crippen molar-refractivity contribution in [1.82, 2.24) is 15.2 Å². The fraction of sp³-hybridized carbons (Fsp3) is 0.533. The average molecular weight is 288 g/mol. The number of likely N-dealkylation sites (tertiary alicyclic amines) is 1. The second-order valence-electron chi connectivity index (χ2n) is 5.68. The number of rotatable bonds is 4. The Morgan fingerprint density at radius 1 is 1.38 bits per heavy atom. The van der Waals surface area contributed by atoms with Gasteiger partial charge in [-0.05, 0) is 37.8 Å². The maximum absolute atomic E-state index is 12.6. The zero-order valence-electron chi connectivity index (χ0n) is 11.9. The Labute approximate surface area is 123 Å². The van der Waals surface area contributed by atoms with Gasteiger partial charge >= 0.3 is 0 Å². The van der Waals surface area contributed by atoms with Gasteiger partial charge in [-0.25, -0.2) is 0 Å². The molecule has 6 heteroatoms. The van der Waals surface area contributed by atoms with Crippen LogP contribution in [0, 0.1) is 0 Å². The van der Waals surface area contributed by atoms with E-state index in [1.165, 1.54) is 0 Å². The van der Waals surface area contributed by atoms with E-state index in [1.54, 1.807) is 23.2 Å². The van der Waals surface area contributed by atoms with Crippen LogP contribution >= 0.6 is 0 Å². The van der Waals surface area contributed by atoms with E-state index in [-0.39, 0.29) is 17.9 Å². The molecule has 1 atom stereocenters. The van der Waals surface area contributed by atoms with Crippen molar-refractivity contribution in [2.45, 2.75) is 44.3 Å². The van der Waals surface area contributed by atoms with Crippen molar-refractivity contribution in [3.8, 4) is 0 Å². The van der Waals surface area contributed by atoms with E-state index < -0.39 is 0 Å². The lowest BCUT2D eigenvalue weighted by atomic mass is 10.1. The molecule has 0 bridgehead atoms. The number of nitrogens with one attached hydrogen (secondary N) is 1. The SMILES string of the molecule is NCc1cc(C(=O)N2CCCC2C(=O)NC2CC2)ccn1. The number of hydrogen-bond acceptors (Lipinski definition) is 4. The highest BCUT2D eigenvalue weighted by atomic mass is 16.2.